The van der Waals surface area contributed by atoms with E-state index < -0.39 is 18.0 Å². The van der Waals surface area contributed by atoms with E-state index in [9.17, 15) is 19.5 Å². The molecule has 0 radical (unpaired) electrons. The first-order valence-corrected chi connectivity index (χ1v) is 8.80. The Hall–Kier alpha value is -2.89. The van der Waals surface area contributed by atoms with Gasteiger partial charge < -0.3 is 19.4 Å². The van der Waals surface area contributed by atoms with Crippen LogP contribution in [0.25, 0.3) is 6.08 Å². The molecule has 6 nitrogen and oxygen atoms in total. The molecule has 1 aliphatic rings. The number of fused-ring (bicyclic) bond motifs is 1. The lowest BCUT2D eigenvalue weighted by Gasteiger charge is -2.19. The molecule has 0 fully saturated rings. The Bertz CT molecular complexity index is 777. The summed E-state index contributed by atoms with van der Waals surface area (Å²) in [6.45, 7) is 3.53. The van der Waals surface area contributed by atoms with Crippen LogP contribution in [0.3, 0.4) is 0 Å². The van der Waals surface area contributed by atoms with Crippen LogP contribution >= 0.6 is 0 Å². The molecule has 1 aliphatic heterocycles. The second kappa shape index (κ2) is 9.16. The van der Waals surface area contributed by atoms with Gasteiger partial charge in [-0.1, -0.05) is 25.2 Å². The number of cyclic esters (lactones) is 1. The number of ketones is 1. The van der Waals surface area contributed by atoms with Gasteiger partial charge in [0.05, 0.1) is 7.11 Å². The number of rotatable bonds is 2. The van der Waals surface area contributed by atoms with Crippen molar-refractivity contribution >= 4 is 24.1 Å². The zero-order valence-corrected chi connectivity index (χ0v) is 15.7. The number of aromatic hydroxyl groups is 1. The highest BCUT2D eigenvalue weighted by Crippen LogP contribution is 2.30. The lowest BCUT2D eigenvalue weighted by atomic mass is 9.97. The minimum atomic E-state index is -0.669. The van der Waals surface area contributed by atoms with Crippen molar-refractivity contribution < 1.29 is 29.0 Å². The number of hydrogen-bond donors (Lipinski definition) is 1. The zero-order chi connectivity index (χ0) is 20.0. The maximum atomic E-state index is 12.6. The molecule has 27 heavy (non-hydrogen) atoms. The second-order valence-corrected chi connectivity index (χ2v) is 6.64. The highest BCUT2D eigenvalue weighted by atomic mass is 16.5. The first-order chi connectivity index (χ1) is 12.8. The summed E-state index contributed by atoms with van der Waals surface area (Å²) >= 11 is 0. The number of aldehydes is 1. The number of esters is 1. The van der Waals surface area contributed by atoms with Crippen molar-refractivity contribution in [2.24, 2.45) is 11.8 Å². The molecular formula is C21H24O6. The standard InChI is InChI=1S/C21H24O6/c1-13-7-8-17(23)9-15(12-22)5-4-6-16-10-18(26-3)11-19(24)20(16)21(25)27-14(13)2/h4,6-8,10-15,24H,5,9H2,1-3H3/t13-,14+,15?/m1/s1. The molecule has 3 atom stereocenters. The van der Waals surface area contributed by atoms with E-state index in [1.54, 1.807) is 31.2 Å². The monoisotopic (exact) mass is 372 g/mol. The molecule has 144 valence electrons. The van der Waals surface area contributed by atoms with Crippen LogP contribution in [-0.4, -0.2) is 36.4 Å². The SMILES string of the molecule is COc1cc(O)c2c(c1)C=CCC(C=O)CC(=O)C=C[C@@H](C)[C@H](C)OC2=O. The smallest absolute Gasteiger partial charge is 0.342 e. The van der Waals surface area contributed by atoms with Crippen LogP contribution in [0.5, 0.6) is 11.5 Å². The van der Waals surface area contributed by atoms with Gasteiger partial charge in [0.25, 0.3) is 0 Å². The molecule has 0 spiro atoms. The maximum Gasteiger partial charge on any atom is 0.342 e. The summed E-state index contributed by atoms with van der Waals surface area (Å²) in [6.07, 6.45) is 7.10. The molecule has 0 aliphatic carbocycles. The van der Waals surface area contributed by atoms with E-state index >= 15 is 0 Å². The van der Waals surface area contributed by atoms with Crippen LogP contribution in [-0.2, 0) is 14.3 Å². The van der Waals surface area contributed by atoms with Gasteiger partial charge in [0.2, 0.25) is 0 Å². The first-order valence-electron chi connectivity index (χ1n) is 8.80. The first kappa shape index (κ1) is 20.4. The minimum Gasteiger partial charge on any atom is -0.507 e. The normalized spacial score (nSPS) is 23.9. The highest BCUT2D eigenvalue weighted by molar-refractivity contribution is 5.97. The molecule has 0 saturated carbocycles. The van der Waals surface area contributed by atoms with Gasteiger partial charge in [-0.15, -0.1) is 0 Å². The number of phenols is 1. The molecule has 2 rings (SSSR count). The summed E-state index contributed by atoms with van der Waals surface area (Å²) in [5.74, 6) is -1.35. The van der Waals surface area contributed by atoms with Crippen LogP contribution < -0.4 is 4.74 Å². The van der Waals surface area contributed by atoms with Gasteiger partial charge in [0, 0.05) is 24.3 Å². The van der Waals surface area contributed by atoms with E-state index in [0.717, 1.165) is 6.29 Å². The molecular weight excluding hydrogens is 348 g/mol. The highest BCUT2D eigenvalue weighted by Gasteiger charge is 2.23. The molecule has 1 aromatic rings. The third kappa shape index (κ3) is 5.29. The number of benzene rings is 1. The molecule has 1 heterocycles. The average molecular weight is 372 g/mol. The quantitative estimate of drug-likeness (QED) is 0.633. The Morgan fingerprint density at radius 2 is 1.96 bits per heavy atom. The Kier molecular flexibility index (Phi) is 6.93. The molecule has 0 saturated heterocycles. The van der Waals surface area contributed by atoms with E-state index in [-0.39, 0.29) is 29.4 Å². The van der Waals surface area contributed by atoms with Gasteiger partial charge in [-0.05, 0) is 31.1 Å². The zero-order valence-electron chi connectivity index (χ0n) is 15.7. The Balaban J connectivity index is 2.49. The number of carbonyl (C=O) groups excluding carboxylic acids is 3. The van der Waals surface area contributed by atoms with Crippen molar-refractivity contribution in [3.8, 4) is 11.5 Å². The summed E-state index contributed by atoms with van der Waals surface area (Å²) in [4.78, 5) is 35.9. The fourth-order valence-electron chi connectivity index (χ4n) is 2.73. The van der Waals surface area contributed by atoms with Gasteiger partial charge in [0.15, 0.2) is 5.78 Å². The van der Waals surface area contributed by atoms with Crippen LogP contribution in [0.4, 0.5) is 0 Å². The molecule has 6 heteroatoms. The molecule has 1 unspecified atom stereocenters. The van der Waals surface area contributed by atoms with Gasteiger partial charge in [0.1, 0.15) is 29.5 Å². The van der Waals surface area contributed by atoms with Crippen LogP contribution in [0.1, 0.15) is 42.6 Å². The van der Waals surface area contributed by atoms with Crippen molar-refractivity contribution in [2.45, 2.75) is 32.8 Å². The number of hydrogen-bond acceptors (Lipinski definition) is 6. The largest absolute Gasteiger partial charge is 0.507 e. The predicted molar refractivity (Wildman–Crippen MR) is 101 cm³/mol. The maximum absolute atomic E-state index is 12.6. The van der Waals surface area contributed by atoms with E-state index in [1.165, 1.54) is 19.3 Å². The Morgan fingerprint density at radius 1 is 1.22 bits per heavy atom. The van der Waals surface area contributed by atoms with E-state index in [0.29, 0.717) is 17.7 Å². The van der Waals surface area contributed by atoms with Crippen LogP contribution in [0.15, 0.2) is 30.4 Å². The van der Waals surface area contributed by atoms with Gasteiger partial charge in [-0.25, -0.2) is 4.79 Å². The fourth-order valence-corrected chi connectivity index (χ4v) is 2.73. The Labute approximate surface area is 158 Å². The summed E-state index contributed by atoms with van der Waals surface area (Å²) in [5.41, 5.74) is 0.450. The Morgan fingerprint density at radius 3 is 2.63 bits per heavy atom. The topological polar surface area (TPSA) is 89.9 Å². The van der Waals surface area contributed by atoms with Crippen LogP contribution in [0, 0.1) is 11.8 Å². The number of methoxy groups -OCH3 is 1. The van der Waals surface area contributed by atoms with Crippen molar-refractivity contribution in [3.63, 3.8) is 0 Å². The van der Waals surface area contributed by atoms with E-state index in [2.05, 4.69) is 0 Å². The summed E-state index contributed by atoms with van der Waals surface area (Å²) < 4.78 is 10.6. The fraction of sp³-hybridized carbons (Fsp3) is 0.381. The van der Waals surface area contributed by atoms with Gasteiger partial charge in [-0.3, -0.25) is 4.79 Å². The molecule has 0 amide bonds. The van der Waals surface area contributed by atoms with Gasteiger partial charge in [-0.2, -0.15) is 0 Å². The number of carbonyl (C=O) groups is 3. The number of ether oxygens (including phenoxy) is 2. The minimum absolute atomic E-state index is 0.0332. The average Bonchev–Trinajstić information content (AvgIpc) is 2.63. The van der Waals surface area contributed by atoms with Gasteiger partial charge >= 0.3 is 5.97 Å². The lowest BCUT2D eigenvalue weighted by molar-refractivity contribution is -0.119. The van der Waals surface area contributed by atoms with Crippen molar-refractivity contribution in [1.82, 2.24) is 0 Å². The summed E-state index contributed by atoms with van der Waals surface area (Å²) in [6, 6.07) is 2.95. The predicted octanol–water partition coefficient (Wildman–Crippen LogP) is 3.33. The van der Waals surface area contributed by atoms with Crippen molar-refractivity contribution in [1.29, 1.82) is 0 Å². The second-order valence-electron chi connectivity index (χ2n) is 6.64. The molecule has 1 aromatic carbocycles. The van der Waals surface area contributed by atoms with E-state index in [1.807, 2.05) is 6.92 Å². The summed E-state index contributed by atoms with van der Waals surface area (Å²) in [5, 5.41) is 10.3. The number of phenolic OH excluding ortho intramolecular Hbond substituents is 1. The van der Waals surface area contributed by atoms with Crippen molar-refractivity contribution in [3.05, 3.63) is 41.5 Å². The van der Waals surface area contributed by atoms with Crippen LogP contribution in [0.2, 0.25) is 0 Å². The lowest BCUT2D eigenvalue weighted by Crippen LogP contribution is -2.22. The van der Waals surface area contributed by atoms with Crippen molar-refractivity contribution in [2.75, 3.05) is 7.11 Å². The number of allylic oxidation sites excluding steroid dienone is 2. The molecule has 0 aromatic heterocycles. The third-order valence-corrected chi connectivity index (χ3v) is 4.57. The molecule has 1 N–H and O–H groups in total. The van der Waals surface area contributed by atoms with E-state index in [4.69, 9.17) is 9.47 Å². The summed E-state index contributed by atoms with van der Waals surface area (Å²) in [7, 11) is 1.45. The third-order valence-electron chi connectivity index (χ3n) is 4.57. The molecule has 0 bridgehead atoms.